The van der Waals surface area contributed by atoms with Crippen molar-refractivity contribution >= 4 is 21.9 Å². The van der Waals surface area contributed by atoms with Crippen molar-refractivity contribution in [3.63, 3.8) is 0 Å². The lowest BCUT2D eigenvalue weighted by Crippen LogP contribution is -1.99. The molecule has 0 saturated heterocycles. The molecular weight excluding hydrogens is 293 g/mol. The second-order valence-electron chi connectivity index (χ2n) is 3.32. The molecular formula is C10H7BrFN3O2. The van der Waals surface area contributed by atoms with Gasteiger partial charge in [0.1, 0.15) is 5.82 Å². The predicted octanol–water partition coefficient (Wildman–Crippen LogP) is 1.80. The summed E-state index contributed by atoms with van der Waals surface area (Å²) in [5.74, 6) is -1.35. The smallest absolute Gasteiger partial charge is 0.309 e. The summed E-state index contributed by atoms with van der Waals surface area (Å²) >= 11 is 3.06. The molecule has 7 heteroatoms. The van der Waals surface area contributed by atoms with Gasteiger partial charge in [0.05, 0.1) is 28.5 Å². The number of nitrogens with zero attached hydrogens (tertiary/aromatic N) is 3. The quantitative estimate of drug-likeness (QED) is 0.938. The van der Waals surface area contributed by atoms with Gasteiger partial charge in [0.25, 0.3) is 0 Å². The summed E-state index contributed by atoms with van der Waals surface area (Å²) in [5.41, 5.74) is 0.945. The normalized spacial score (nSPS) is 10.5. The van der Waals surface area contributed by atoms with E-state index in [4.69, 9.17) is 5.11 Å². The number of aromatic nitrogens is 3. The van der Waals surface area contributed by atoms with Gasteiger partial charge in [-0.2, -0.15) is 0 Å². The van der Waals surface area contributed by atoms with Crippen LogP contribution in [0.5, 0.6) is 0 Å². The van der Waals surface area contributed by atoms with Crippen LogP contribution in [0, 0.1) is 5.82 Å². The molecule has 0 saturated carbocycles. The average Bonchev–Trinajstić information content (AvgIpc) is 2.69. The maximum Gasteiger partial charge on any atom is 0.309 e. The monoisotopic (exact) mass is 299 g/mol. The van der Waals surface area contributed by atoms with Crippen LogP contribution in [-0.2, 0) is 11.2 Å². The second kappa shape index (κ2) is 4.62. The minimum absolute atomic E-state index is 0.192. The van der Waals surface area contributed by atoms with Gasteiger partial charge in [-0.05, 0) is 34.1 Å². The van der Waals surface area contributed by atoms with Gasteiger partial charge >= 0.3 is 5.97 Å². The Kier molecular flexibility index (Phi) is 3.19. The van der Waals surface area contributed by atoms with E-state index in [0.29, 0.717) is 15.9 Å². The molecule has 1 heterocycles. The second-order valence-corrected chi connectivity index (χ2v) is 4.18. The van der Waals surface area contributed by atoms with Crippen molar-refractivity contribution < 1.29 is 14.3 Å². The highest BCUT2D eigenvalue weighted by Gasteiger charge is 2.08. The van der Waals surface area contributed by atoms with E-state index in [0.717, 1.165) is 0 Å². The Hall–Kier alpha value is -1.76. The molecule has 0 atom stereocenters. The Bertz CT molecular complexity index is 570. The molecule has 0 fully saturated rings. The van der Waals surface area contributed by atoms with Gasteiger partial charge in [0, 0.05) is 0 Å². The summed E-state index contributed by atoms with van der Waals surface area (Å²) < 4.78 is 14.7. The van der Waals surface area contributed by atoms with E-state index in [1.807, 2.05) is 0 Å². The Morgan fingerprint density at radius 2 is 2.29 bits per heavy atom. The molecule has 0 radical (unpaired) electrons. The van der Waals surface area contributed by atoms with E-state index < -0.39 is 5.97 Å². The number of carboxylic acids is 1. The molecule has 88 valence electrons. The van der Waals surface area contributed by atoms with E-state index in [2.05, 4.69) is 26.2 Å². The van der Waals surface area contributed by atoms with E-state index in [-0.39, 0.29) is 12.2 Å². The fourth-order valence-electron chi connectivity index (χ4n) is 1.29. The molecule has 1 aromatic carbocycles. The molecule has 0 spiro atoms. The molecule has 0 aliphatic heterocycles. The Morgan fingerprint density at radius 1 is 1.53 bits per heavy atom. The number of hydrogen-bond donors (Lipinski definition) is 1. The number of rotatable bonds is 3. The number of carbonyl (C=O) groups is 1. The zero-order valence-electron chi connectivity index (χ0n) is 8.47. The molecule has 0 aliphatic carbocycles. The van der Waals surface area contributed by atoms with Gasteiger partial charge in [0.2, 0.25) is 0 Å². The van der Waals surface area contributed by atoms with Crippen molar-refractivity contribution in [3.05, 3.63) is 40.4 Å². The van der Waals surface area contributed by atoms with Crippen molar-refractivity contribution in [1.82, 2.24) is 15.0 Å². The summed E-state index contributed by atoms with van der Waals surface area (Å²) in [6.45, 7) is 0. The third-order valence-corrected chi connectivity index (χ3v) is 2.65. The highest BCUT2D eigenvalue weighted by atomic mass is 79.9. The maximum atomic E-state index is 13.0. The maximum absolute atomic E-state index is 13.0. The first-order chi connectivity index (χ1) is 8.06. The van der Waals surface area contributed by atoms with Crippen LogP contribution in [0.2, 0.25) is 0 Å². The third kappa shape index (κ3) is 2.68. The molecule has 0 bridgehead atoms. The van der Waals surface area contributed by atoms with E-state index in [1.165, 1.54) is 29.1 Å². The summed E-state index contributed by atoms with van der Waals surface area (Å²) in [7, 11) is 0. The van der Waals surface area contributed by atoms with Gasteiger partial charge in [0.15, 0.2) is 0 Å². The molecule has 5 nitrogen and oxygen atoms in total. The molecule has 1 aromatic heterocycles. The first-order valence-corrected chi connectivity index (χ1v) is 5.44. The van der Waals surface area contributed by atoms with Crippen molar-refractivity contribution in [1.29, 1.82) is 0 Å². The van der Waals surface area contributed by atoms with Crippen LogP contribution in [0.25, 0.3) is 5.69 Å². The number of carboxylic acid groups (broad SMARTS) is 1. The van der Waals surface area contributed by atoms with E-state index in [9.17, 15) is 9.18 Å². The molecule has 1 N–H and O–H groups in total. The number of benzene rings is 1. The van der Waals surface area contributed by atoms with E-state index in [1.54, 1.807) is 0 Å². The molecule has 0 aliphatic rings. The first-order valence-electron chi connectivity index (χ1n) is 4.64. The molecule has 17 heavy (non-hydrogen) atoms. The topological polar surface area (TPSA) is 68.0 Å². The van der Waals surface area contributed by atoms with Crippen LogP contribution in [0.3, 0.4) is 0 Å². The third-order valence-electron chi connectivity index (χ3n) is 2.04. The summed E-state index contributed by atoms with van der Waals surface area (Å²) in [5, 5.41) is 16.1. The number of hydrogen-bond acceptors (Lipinski definition) is 3. The Morgan fingerprint density at radius 3 is 2.94 bits per heavy atom. The highest BCUT2D eigenvalue weighted by Crippen LogP contribution is 2.18. The Balaban J connectivity index is 2.30. The van der Waals surface area contributed by atoms with Crippen LogP contribution in [0.4, 0.5) is 4.39 Å². The lowest BCUT2D eigenvalue weighted by molar-refractivity contribution is -0.136. The fourth-order valence-corrected chi connectivity index (χ4v) is 1.65. The molecule has 2 aromatic rings. The first kappa shape index (κ1) is 11.7. The van der Waals surface area contributed by atoms with Gasteiger partial charge in [-0.3, -0.25) is 4.79 Å². The highest BCUT2D eigenvalue weighted by molar-refractivity contribution is 9.10. The largest absolute Gasteiger partial charge is 0.481 e. The van der Waals surface area contributed by atoms with Crippen molar-refractivity contribution in [2.45, 2.75) is 6.42 Å². The van der Waals surface area contributed by atoms with Gasteiger partial charge < -0.3 is 5.11 Å². The van der Waals surface area contributed by atoms with Crippen molar-refractivity contribution in [3.8, 4) is 5.69 Å². The van der Waals surface area contributed by atoms with Crippen LogP contribution in [0.1, 0.15) is 5.69 Å². The van der Waals surface area contributed by atoms with Crippen molar-refractivity contribution in [2.75, 3.05) is 0 Å². The van der Waals surface area contributed by atoms with Gasteiger partial charge in [-0.25, -0.2) is 9.07 Å². The molecule has 2 rings (SSSR count). The van der Waals surface area contributed by atoms with Gasteiger partial charge in [-0.1, -0.05) is 5.21 Å². The van der Waals surface area contributed by atoms with Crippen molar-refractivity contribution in [2.24, 2.45) is 0 Å². The minimum atomic E-state index is -0.975. The summed E-state index contributed by atoms with van der Waals surface area (Å²) in [6.07, 6.45) is 1.30. The average molecular weight is 300 g/mol. The van der Waals surface area contributed by atoms with Crippen LogP contribution >= 0.6 is 15.9 Å². The predicted molar refractivity (Wildman–Crippen MR) is 60.4 cm³/mol. The van der Waals surface area contributed by atoms with Crippen LogP contribution in [0.15, 0.2) is 28.9 Å². The molecule has 0 amide bonds. The summed E-state index contributed by atoms with van der Waals surface area (Å²) in [6, 6.07) is 4.35. The van der Waals surface area contributed by atoms with Crippen LogP contribution < -0.4 is 0 Å². The SMILES string of the molecule is O=C(O)Cc1cn(-c2ccc(F)c(Br)c2)nn1. The fraction of sp³-hybridized carbons (Fsp3) is 0.100. The lowest BCUT2D eigenvalue weighted by Gasteiger charge is -2.00. The zero-order chi connectivity index (χ0) is 12.4. The molecule has 0 unspecified atom stereocenters. The Labute approximate surface area is 104 Å². The van der Waals surface area contributed by atoms with Gasteiger partial charge in [-0.15, -0.1) is 5.10 Å². The minimum Gasteiger partial charge on any atom is -0.481 e. The number of halogens is 2. The number of aliphatic carboxylic acids is 1. The lowest BCUT2D eigenvalue weighted by atomic mass is 10.3. The van der Waals surface area contributed by atoms with E-state index >= 15 is 0 Å². The standard InChI is InChI=1S/C10H7BrFN3O2/c11-8-4-7(1-2-9(8)12)15-5-6(13-14-15)3-10(16)17/h1-2,4-5H,3H2,(H,16,17). The van der Waals surface area contributed by atoms with Crippen LogP contribution in [-0.4, -0.2) is 26.1 Å². The zero-order valence-corrected chi connectivity index (χ0v) is 10.1. The summed E-state index contributed by atoms with van der Waals surface area (Å²) in [4.78, 5) is 10.5.